The minimum absolute atomic E-state index is 0.140. The molecule has 0 bridgehead atoms. The zero-order valence-electron chi connectivity index (χ0n) is 16.6. The number of nitrogens with zero attached hydrogens (tertiary/aromatic N) is 1. The molecule has 0 heterocycles. The predicted molar refractivity (Wildman–Crippen MR) is 120 cm³/mol. The van der Waals surface area contributed by atoms with Gasteiger partial charge >= 0.3 is 5.97 Å². The van der Waals surface area contributed by atoms with Crippen molar-refractivity contribution in [2.75, 3.05) is 5.75 Å². The Kier molecular flexibility index (Phi) is 7.80. The van der Waals surface area contributed by atoms with Crippen LogP contribution in [0.2, 0.25) is 0 Å². The van der Waals surface area contributed by atoms with Crippen molar-refractivity contribution < 1.29 is 14.3 Å². The minimum atomic E-state index is -0.409. The zero-order valence-corrected chi connectivity index (χ0v) is 17.4. The molecule has 30 heavy (non-hydrogen) atoms. The second-order valence-corrected chi connectivity index (χ2v) is 7.70. The number of nitrogens with one attached hydrogen (secondary N) is 1. The molecule has 0 radical (unpaired) electrons. The lowest BCUT2D eigenvalue weighted by Gasteiger charge is -2.04. The third kappa shape index (κ3) is 6.90. The first-order chi connectivity index (χ1) is 14.6. The summed E-state index contributed by atoms with van der Waals surface area (Å²) in [5, 5.41) is 3.98. The molecular formula is C24H22N2O3S. The fraction of sp³-hybridized carbons (Fsp3) is 0.125. The maximum Gasteiger partial charge on any atom is 0.343 e. The number of hydrogen-bond donors (Lipinski definition) is 1. The van der Waals surface area contributed by atoms with E-state index >= 15 is 0 Å². The summed E-state index contributed by atoms with van der Waals surface area (Å²) in [6.45, 7) is 2.05. The second kappa shape index (κ2) is 11.0. The Hall–Kier alpha value is -3.38. The zero-order chi connectivity index (χ0) is 21.2. The molecule has 1 N–H and O–H groups in total. The van der Waals surface area contributed by atoms with E-state index in [1.807, 2.05) is 13.0 Å². The highest BCUT2D eigenvalue weighted by atomic mass is 32.2. The molecule has 0 aromatic heterocycles. The molecule has 0 saturated heterocycles. The largest absolute Gasteiger partial charge is 0.423 e. The molecule has 0 aliphatic carbocycles. The van der Waals surface area contributed by atoms with Gasteiger partial charge in [0.25, 0.3) is 0 Å². The Morgan fingerprint density at radius 2 is 1.67 bits per heavy atom. The van der Waals surface area contributed by atoms with Gasteiger partial charge in [0.2, 0.25) is 5.91 Å². The third-order valence-electron chi connectivity index (χ3n) is 4.12. The van der Waals surface area contributed by atoms with Crippen molar-refractivity contribution in [1.82, 2.24) is 5.43 Å². The van der Waals surface area contributed by atoms with Crippen LogP contribution in [0.15, 0.2) is 88.9 Å². The number of carbonyl (C=O) groups is 2. The van der Waals surface area contributed by atoms with Crippen molar-refractivity contribution in [2.24, 2.45) is 5.10 Å². The van der Waals surface area contributed by atoms with E-state index in [1.54, 1.807) is 66.5 Å². The van der Waals surface area contributed by atoms with Crippen molar-refractivity contribution in [2.45, 2.75) is 18.2 Å². The Morgan fingerprint density at radius 1 is 0.967 bits per heavy atom. The molecule has 1 amide bonds. The van der Waals surface area contributed by atoms with E-state index in [2.05, 4.69) is 34.8 Å². The number of aryl methyl sites for hydroxylation is 1. The fourth-order valence-corrected chi connectivity index (χ4v) is 3.34. The van der Waals surface area contributed by atoms with Crippen LogP contribution >= 0.6 is 11.8 Å². The molecule has 5 nitrogen and oxygen atoms in total. The summed E-state index contributed by atoms with van der Waals surface area (Å²) in [6, 6.07) is 23.9. The van der Waals surface area contributed by atoms with Gasteiger partial charge in [0.15, 0.2) is 0 Å². The van der Waals surface area contributed by atoms with Gasteiger partial charge in [0, 0.05) is 17.1 Å². The molecule has 0 spiro atoms. The Labute approximate surface area is 180 Å². The first kappa shape index (κ1) is 21.3. The van der Waals surface area contributed by atoms with Gasteiger partial charge in [-0.25, -0.2) is 10.2 Å². The van der Waals surface area contributed by atoms with Crippen LogP contribution < -0.4 is 10.2 Å². The lowest BCUT2D eigenvalue weighted by molar-refractivity contribution is -0.120. The summed E-state index contributed by atoms with van der Waals surface area (Å²) < 4.78 is 5.33. The number of amides is 1. The van der Waals surface area contributed by atoms with Crippen LogP contribution in [-0.2, 0) is 4.79 Å². The molecule has 6 heteroatoms. The molecule has 0 fully saturated rings. The van der Waals surface area contributed by atoms with Gasteiger partial charge in [0.05, 0.1) is 11.8 Å². The van der Waals surface area contributed by atoms with Crippen LogP contribution in [-0.4, -0.2) is 23.8 Å². The summed E-state index contributed by atoms with van der Waals surface area (Å²) >= 11 is 1.64. The van der Waals surface area contributed by atoms with E-state index in [9.17, 15) is 9.59 Å². The van der Waals surface area contributed by atoms with Crippen molar-refractivity contribution in [3.8, 4) is 5.75 Å². The molecular weight excluding hydrogens is 396 g/mol. The minimum Gasteiger partial charge on any atom is -0.423 e. The van der Waals surface area contributed by atoms with Gasteiger partial charge in [0.1, 0.15) is 5.75 Å². The van der Waals surface area contributed by atoms with Crippen LogP contribution in [0, 0.1) is 6.92 Å². The molecule has 3 aromatic carbocycles. The fourth-order valence-electron chi connectivity index (χ4n) is 2.49. The number of hydrogen-bond acceptors (Lipinski definition) is 5. The lowest BCUT2D eigenvalue weighted by Crippen LogP contribution is -2.17. The third-order valence-corrected chi connectivity index (χ3v) is 5.14. The first-order valence-electron chi connectivity index (χ1n) is 9.49. The van der Waals surface area contributed by atoms with Crippen molar-refractivity contribution >= 4 is 29.9 Å². The number of esters is 1. The summed E-state index contributed by atoms with van der Waals surface area (Å²) in [5.41, 5.74) is 5.02. The van der Waals surface area contributed by atoms with Crippen LogP contribution in [0.5, 0.6) is 5.75 Å². The average Bonchev–Trinajstić information content (AvgIpc) is 2.77. The van der Waals surface area contributed by atoms with Gasteiger partial charge < -0.3 is 4.74 Å². The number of rotatable bonds is 8. The SMILES string of the molecule is Cc1ccc(SCCC(=O)N/N=C/c2ccc(OC(=O)c3ccccc3)cc2)cc1. The number of ether oxygens (including phenoxy) is 1. The molecule has 3 aromatic rings. The number of hydrazone groups is 1. The first-order valence-corrected chi connectivity index (χ1v) is 10.5. The summed E-state index contributed by atoms with van der Waals surface area (Å²) in [6.07, 6.45) is 1.93. The van der Waals surface area contributed by atoms with Gasteiger partial charge in [-0.1, -0.05) is 35.9 Å². The van der Waals surface area contributed by atoms with E-state index in [4.69, 9.17) is 4.74 Å². The molecule has 0 aliphatic rings. The number of thioether (sulfide) groups is 1. The highest BCUT2D eigenvalue weighted by Gasteiger charge is 2.07. The van der Waals surface area contributed by atoms with Crippen LogP contribution in [0.4, 0.5) is 0 Å². The molecule has 0 unspecified atom stereocenters. The highest BCUT2D eigenvalue weighted by molar-refractivity contribution is 7.99. The van der Waals surface area contributed by atoms with Gasteiger partial charge in [-0.15, -0.1) is 11.8 Å². The number of carbonyl (C=O) groups excluding carboxylic acids is 2. The van der Waals surface area contributed by atoms with E-state index < -0.39 is 5.97 Å². The monoisotopic (exact) mass is 418 g/mol. The van der Waals surface area contributed by atoms with Crippen molar-refractivity contribution in [3.05, 3.63) is 95.6 Å². The smallest absolute Gasteiger partial charge is 0.343 e. The van der Waals surface area contributed by atoms with Crippen molar-refractivity contribution in [3.63, 3.8) is 0 Å². The van der Waals surface area contributed by atoms with E-state index in [1.165, 1.54) is 5.56 Å². The molecule has 0 atom stereocenters. The van der Waals surface area contributed by atoms with E-state index in [-0.39, 0.29) is 5.91 Å². The standard InChI is InChI=1S/C24H22N2O3S/c1-18-7-13-22(14-8-18)30-16-15-23(27)26-25-17-19-9-11-21(12-10-19)29-24(28)20-5-3-2-4-6-20/h2-14,17H,15-16H2,1H3,(H,26,27)/b25-17+. The topological polar surface area (TPSA) is 67.8 Å². The van der Waals surface area contributed by atoms with Crippen LogP contribution in [0.1, 0.15) is 27.9 Å². The van der Waals surface area contributed by atoms with Crippen LogP contribution in [0.3, 0.4) is 0 Å². The van der Waals surface area contributed by atoms with E-state index in [0.717, 1.165) is 10.5 Å². The molecule has 152 valence electrons. The van der Waals surface area contributed by atoms with Gasteiger partial charge in [-0.05, 0) is 61.0 Å². The van der Waals surface area contributed by atoms with Crippen LogP contribution in [0.25, 0.3) is 0 Å². The Bertz CT molecular complexity index is 1000. The highest BCUT2D eigenvalue weighted by Crippen LogP contribution is 2.19. The maximum atomic E-state index is 12.0. The quantitative estimate of drug-likeness (QED) is 0.187. The Morgan fingerprint density at radius 3 is 2.37 bits per heavy atom. The summed E-state index contributed by atoms with van der Waals surface area (Å²) in [4.78, 5) is 25.1. The van der Waals surface area contributed by atoms with Crippen molar-refractivity contribution in [1.29, 1.82) is 0 Å². The number of benzene rings is 3. The predicted octanol–water partition coefficient (Wildman–Crippen LogP) is 4.85. The van der Waals surface area contributed by atoms with Gasteiger partial charge in [-0.3, -0.25) is 4.79 Å². The molecule has 0 saturated carbocycles. The average molecular weight is 419 g/mol. The van der Waals surface area contributed by atoms with E-state index in [0.29, 0.717) is 23.5 Å². The second-order valence-electron chi connectivity index (χ2n) is 6.53. The maximum absolute atomic E-state index is 12.0. The Balaban J connectivity index is 1.40. The molecule has 0 aliphatic heterocycles. The summed E-state index contributed by atoms with van der Waals surface area (Å²) in [5.74, 6) is 0.580. The summed E-state index contributed by atoms with van der Waals surface area (Å²) in [7, 11) is 0. The molecule has 3 rings (SSSR count). The normalized spacial score (nSPS) is 10.7. The lowest BCUT2D eigenvalue weighted by atomic mass is 10.2. The van der Waals surface area contributed by atoms with Gasteiger partial charge in [-0.2, -0.15) is 5.10 Å².